The minimum atomic E-state index is -0.255. The van der Waals surface area contributed by atoms with E-state index in [-0.39, 0.29) is 11.6 Å². The third kappa shape index (κ3) is 2.75. The van der Waals surface area contributed by atoms with E-state index in [1.165, 1.54) is 0 Å². The lowest BCUT2D eigenvalue weighted by atomic mass is 10.1. The Balaban J connectivity index is 2.29. The molecule has 6 nitrogen and oxygen atoms in total. The Morgan fingerprint density at radius 2 is 2.00 bits per heavy atom. The largest absolute Gasteiger partial charge is 0.354 e. The quantitative estimate of drug-likeness (QED) is 0.868. The highest BCUT2D eigenvalue weighted by Crippen LogP contribution is 2.24. The van der Waals surface area contributed by atoms with Crippen molar-refractivity contribution in [3.05, 3.63) is 47.7 Å². The maximum absolute atomic E-state index is 11.4. The summed E-state index contributed by atoms with van der Waals surface area (Å²) in [5.41, 5.74) is 8.01. The average Bonchev–Trinajstić information content (AvgIpc) is 2.53. The summed E-state index contributed by atoms with van der Waals surface area (Å²) in [6.07, 6.45) is 0. The molecular weight excluding hydrogens is 254 g/mol. The fraction of sp³-hybridized carbons (Fsp3) is 0.214. The number of para-hydroxylation sites is 1. The number of anilines is 2. The van der Waals surface area contributed by atoms with Crippen LogP contribution in [0.2, 0.25) is 0 Å². The second kappa shape index (κ2) is 6.12. The van der Waals surface area contributed by atoms with Gasteiger partial charge in [0.25, 0.3) is 5.91 Å². The number of carbonyl (C=O) groups excluding carboxylic acids is 1. The maximum Gasteiger partial charge on any atom is 0.271 e. The van der Waals surface area contributed by atoms with Crippen LogP contribution in [-0.4, -0.2) is 30.2 Å². The van der Waals surface area contributed by atoms with Crippen molar-refractivity contribution in [2.75, 3.05) is 19.0 Å². The van der Waals surface area contributed by atoms with Crippen molar-refractivity contribution >= 4 is 17.4 Å². The van der Waals surface area contributed by atoms with Crippen LogP contribution in [0.4, 0.5) is 11.5 Å². The van der Waals surface area contributed by atoms with Gasteiger partial charge in [0.2, 0.25) is 0 Å². The van der Waals surface area contributed by atoms with Crippen molar-refractivity contribution in [3.63, 3.8) is 0 Å². The van der Waals surface area contributed by atoms with Gasteiger partial charge >= 0.3 is 0 Å². The zero-order valence-electron chi connectivity index (χ0n) is 11.5. The summed E-state index contributed by atoms with van der Waals surface area (Å²) in [5, 5.41) is 10.5. The Bertz CT molecular complexity index is 597. The third-order valence-electron chi connectivity index (χ3n) is 3.03. The number of amides is 1. The van der Waals surface area contributed by atoms with E-state index in [1.54, 1.807) is 19.2 Å². The van der Waals surface area contributed by atoms with Gasteiger partial charge in [-0.05, 0) is 23.8 Å². The van der Waals surface area contributed by atoms with Crippen molar-refractivity contribution < 1.29 is 4.79 Å². The molecule has 104 valence electrons. The number of rotatable bonds is 4. The molecule has 20 heavy (non-hydrogen) atoms. The second-order valence-electron chi connectivity index (χ2n) is 4.25. The van der Waals surface area contributed by atoms with Crippen molar-refractivity contribution in [3.8, 4) is 0 Å². The predicted octanol–water partition coefficient (Wildman–Crippen LogP) is 1.06. The van der Waals surface area contributed by atoms with E-state index < -0.39 is 0 Å². The molecule has 0 bridgehead atoms. The monoisotopic (exact) mass is 271 g/mol. The highest BCUT2D eigenvalue weighted by atomic mass is 16.1. The average molecular weight is 271 g/mol. The minimum absolute atomic E-state index is 0.255. The van der Waals surface area contributed by atoms with E-state index in [4.69, 9.17) is 5.73 Å². The minimum Gasteiger partial charge on any atom is -0.354 e. The molecule has 1 amide bonds. The molecular formula is C14H17N5O. The SMILES string of the molecule is CNC(=O)c1ccc(N(C)c2ccccc2CN)nn1. The highest BCUT2D eigenvalue weighted by Gasteiger charge is 2.11. The van der Waals surface area contributed by atoms with E-state index in [1.807, 2.05) is 36.2 Å². The molecule has 6 heteroatoms. The van der Waals surface area contributed by atoms with Crippen LogP contribution in [0.15, 0.2) is 36.4 Å². The summed E-state index contributed by atoms with van der Waals surface area (Å²) in [6.45, 7) is 0.449. The van der Waals surface area contributed by atoms with Crippen LogP contribution < -0.4 is 16.0 Å². The third-order valence-corrected chi connectivity index (χ3v) is 3.03. The molecule has 0 saturated heterocycles. The summed E-state index contributed by atoms with van der Waals surface area (Å²) < 4.78 is 0. The Kier molecular flexibility index (Phi) is 4.27. The molecule has 2 rings (SSSR count). The van der Waals surface area contributed by atoms with Crippen LogP contribution in [0.1, 0.15) is 16.1 Å². The van der Waals surface area contributed by atoms with Gasteiger partial charge in [0, 0.05) is 26.3 Å². The van der Waals surface area contributed by atoms with Gasteiger partial charge in [-0.25, -0.2) is 0 Å². The maximum atomic E-state index is 11.4. The van der Waals surface area contributed by atoms with Crippen LogP contribution in [0.3, 0.4) is 0 Å². The lowest BCUT2D eigenvalue weighted by Gasteiger charge is -2.20. The van der Waals surface area contributed by atoms with Gasteiger partial charge in [-0.15, -0.1) is 10.2 Å². The first-order valence-electron chi connectivity index (χ1n) is 6.25. The van der Waals surface area contributed by atoms with E-state index in [2.05, 4.69) is 15.5 Å². The van der Waals surface area contributed by atoms with E-state index in [9.17, 15) is 4.79 Å². The molecule has 1 heterocycles. The summed E-state index contributed by atoms with van der Waals surface area (Å²) in [5.74, 6) is 0.396. The van der Waals surface area contributed by atoms with Crippen LogP contribution in [0.5, 0.6) is 0 Å². The number of nitrogens with zero attached hydrogens (tertiary/aromatic N) is 3. The Morgan fingerprint density at radius 3 is 2.60 bits per heavy atom. The van der Waals surface area contributed by atoms with E-state index in [0.717, 1.165) is 11.3 Å². The van der Waals surface area contributed by atoms with Crippen LogP contribution in [-0.2, 0) is 6.54 Å². The molecule has 0 aliphatic carbocycles. The number of hydrogen-bond acceptors (Lipinski definition) is 5. The van der Waals surface area contributed by atoms with Gasteiger partial charge in [-0.2, -0.15) is 0 Å². The standard InChI is InChI=1S/C14H17N5O/c1-16-14(20)11-7-8-13(18-17-11)19(2)12-6-4-3-5-10(12)9-15/h3-8H,9,15H2,1-2H3,(H,16,20). The van der Waals surface area contributed by atoms with Crippen molar-refractivity contribution in [1.82, 2.24) is 15.5 Å². The molecule has 0 spiro atoms. The van der Waals surface area contributed by atoms with Gasteiger partial charge in [0.05, 0.1) is 0 Å². The van der Waals surface area contributed by atoms with Crippen molar-refractivity contribution in [1.29, 1.82) is 0 Å². The molecule has 0 saturated carbocycles. The molecule has 0 aliphatic heterocycles. The van der Waals surface area contributed by atoms with Gasteiger partial charge < -0.3 is 16.0 Å². The molecule has 3 N–H and O–H groups in total. The molecule has 0 unspecified atom stereocenters. The van der Waals surface area contributed by atoms with Crippen LogP contribution in [0.25, 0.3) is 0 Å². The molecule has 2 aromatic rings. The number of aromatic nitrogens is 2. The Hall–Kier alpha value is -2.47. The fourth-order valence-corrected chi connectivity index (χ4v) is 1.89. The van der Waals surface area contributed by atoms with Gasteiger partial charge in [0.1, 0.15) is 0 Å². The smallest absolute Gasteiger partial charge is 0.271 e. The number of nitrogens with one attached hydrogen (secondary N) is 1. The van der Waals surface area contributed by atoms with Crippen LogP contribution >= 0.6 is 0 Å². The lowest BCUT2D eigenvalue weighted by Crippen LogP contribution is -2.21. The van der Waals surface area contributed by atoms with E-state index >= 15 is 0 Å². The van der Waals surface area contributed by atoms with Gasteiger partial charge in [-0.3, -0.25) is 4.79 Å². The van der Waals surface area contributed by atoms with Crippen molar-refractivity contribution in [2.24, 2.45) is 5.73 Å². The first kappa shape index (κ1) is 14.0. The predicted molar refractivity (Wildman–Crippen MR) is 77.8 cm³/mol. The molecule has 0 radical (unpaired) electrons. The van der Waals surface area contributed by atoms with E-state index in [0.29, 0.717) is 12.4 Å². The fourth-order valence-electron chi connectivity index (χ4n) is 1.89. The first-order chi connectivity index (χ1) is 9.67. The number of hydrogen-bond donors (Lipinski definition) is 2. The summed E-state index contributed by atoms with van der Waals surface area (Å²) in [4.78, 5) is 13.3. The van der Waals surface area contributed by atoms with Gasteiger partial charge in [-0.1, -0.05) is 18.2 Å². The zero-order chi connectivity index (χ0) is 14.5. The molecule has 0 atom stereocenters. The van der Waals surface area contributed by atoms with Crippen molar-refractivity contribution in [2.45, 2.75) is 6.54 Å². The van der Waals surface area contributed by atoms with Gasteiger partial charge in [0.15, 0.2) is 11.5 Å². The summed E-state index contributed by atoms with van der Waals surface area (Å²) in [7, 11) is 3.44. The summed E-state index contributed by atoms with van der Waals surface area (Å²) >= 11 is 0. The molecule has 0 aliphatic rings. The summed E-state index contributed by atoms with van der Waals surface area (Å²) in [6, 6.07) is 11.2. The number of benzene rings is 1. The molecule has 1 aromatic heterocycles. The Labute approximate surface area is 117 Å². The number of nitrogens with two attached hydrogens (primary N) is 1. The van der Waals surface area contributed by atoms with Crippen LogP contribution in [0, 0.1) is 0 Å². The Morgan fingerprint density at radius 1 is 1.25 bits per heavy atom. The second-order valence-corrected chi connectivity index (χ2v) is 4.25. The zero-order valence-corrected chi connectivity index (χ0v) is 11.5. The normalized spacial score (nSPS) is 10.2. The first-order valence-corrected chi connectivity index (χ1v) is 6.25. The lowest BCUT2D eigenvalue weighted by molar-refractivity contribution is 0.0957. The molecule has 1 aromatic carbocycles. The topological polar surface area (TPSA) is 84.1 Å². The molecule has 0 fully saturated rings. The number of carbonyl (C=O) groups is 1. The highest BCUT2D eigenvalue weighted by molar-refractivity contribution is 5.91.